The number of benzene rings is 2. The number of hydrogen-bond donors (Lipinski definition) is 5. The number of amides is 2. The highest BCUT2D eigenvalue weighted by atomic mass is 19.1. The molecule has 2 aromatic carbocycles. The molecule has 11 nitrogen and oxygen atoms in total. The molecule has 2 aromatic heterocycles. The van der Waals surface area contributed by atoms with Crippen molar-refractivity contribution in [2.24, 2.45) is 0 Å². The van der Waals surface area contributed by atoms with Crippen LogP contribution in [0.4, 0.5) is 10.1 Å². The first-order valence-electron chi connectivity index (χ1n) is 11.1. The molecular weight excluding hydrogens is 467 g/mol. The molecule has 3 heterocycles. The lowest BCUT2D eigenvalue weighted by molar-refractivity contribution is 0.0934. The highest BCUT2D eigenvalue weighted by molar-refractivity contribution is 5.97. The van der Waals surface area contributed by atoms with E-state index in [4.69, 9.17) is 0 Å². The SMILES string of the molecule is Cc1cc(CNC(=O)c2cc(C(=O)NC3CNc4cc(-c5n[nH]c(=O)[nH]5)ccc43)ncn2)ccc1F. The summed E-state index contributed by atoms with van der Waals surface area (Å²) in [6.07, 6.45) is 1.16. The predicted molar refractivity (Wildman–Crippen MR) is 128 cm³/mol. The predicted octanol–water partition coefficient (Wildman–Crippen LogP) is 1.83. The second-order valence-corrected chi connectivity index (χ2v) is 8.29. The molecule has 0 saturated carbocycles. The maximum Gasteiger partial charge on any atom is 0.340 e. The van der Waals surface area contributed by atoms with Gasteiger partial charge in [-0.3, -0.25) is 14.6 Å². The third kappa shape index (κ3) is 4.69. The van der Waals surface area contributed by atoms with Crippen molar-refractivity contribution in [1.82, 2.24) is 35.8 Å². The summed E-state index contributed by atoms with van der Waals surface area (Å²) in [6, 6.07) is 11.1. The monoisotopic (exact) mass is 488 g/mol. The number of fused-ring (bicyclic) bond motifs is 1. The van der Waals surface area contributed by atoms with Gasteiger partial charge in [-0.1, -0.05) is 24.3 Å². The summed E-state index contributed by atoms with van der Waals surface area (Å²) in [5.74, 6) is -0.837. The zero-order valence-corrected chi connectivity index (χ0v) is 19.1. The normalized spacial score (nSPS) is 14.1. The molecule has 12 heteroatoms. The average Bonchev–Trinajstić information content (AvgIpc) is 3.50. The molecule has 4 aromatic rings. The average molecular weight is 488 g/mol. The lowest BCUT2D eigenvalue weighted by atomic mass is 10.1. The molecule has 1 aliphatic heterocycles. The Morgan fingerprint density at radius 2 is 1.89 bits per heavy atom. The van der Waals surface area contributed by atoms with Crippen molar-refractivity contribution in [3.63, 3.8) is 0 Å². The molecule has 5 rings (SSSR count). The summed E-state index contributed by atoms with van der Waals surface area (Å²) in [4.78, 5) is 47.3. The Labute approximate surface area is 203 Å². The van der Waals surface area contributed by atoms with Gasteiger partial charge in [-0.05, 0) is 35.7 Å². The van der Waals surface area contributed by atoms with Crippen LogP contribution in [0.2, 0.25) is 0 Å². The van der Waals surface area contributed by atoms with Crippen molar-refractivity contribution in [3.05, 3.63) is 93.2 Å². The van der Waals surface area contributed by atoms with E-state index >= 15 is 0 Å². The topological polar surface area (TPSA) is 158 Å². The van der Waals surface area contributed by atoms with E-state index in [1.165, 1.54) is 12.1 Å². The summed E-state index contributed by atoms with van der Waals surface area (Å²) in [5, 5.41) is 15.1. The van der Waals surface area contributed by atoms with E-state index in [9.17, 15) is 18.8 Å². The Morgan fingerprint density at radius 3 is 2.64 bits per heavy atom. The minimum absolute atomic E-state index is 0.0385. The van der Waals surface area contributed by atoms with E-state index in [-0.39, 0.29) is 29.8 Å². The molecular formula is C24H21FN8O3. The van der Waals surface area contributed by atoms with E-state index < -0.39 is 17.5 Å². The lowest BCUT2D eigenvalue weighted by Crippen LogP contribution is -2.31. The van der Waals surface area contributed by atoms with Crippen LogP contribution in [0.25, 0.3) is 11.4 Å². The molecule has 1 atom stereocenters. The zero-order valence-electron chi connectivity index (χ0n) is 19.1. The van der Waals surface area contributed by atoms with Gasteiger partial charge in [0.2, 0.25) is 0 Å². The van der Waals surface area contributed by atoms with Crippen molar-refractivity contribution in [2.75, 3.05) is 11.9 Å². The number of aromatic amines is 2. The fourth-order valence-corrected chi connectivity index (χ4v) is 3.95. The number of H-pyrrole nitrogens is 2. The number of halogens is 1. The highest BCUT2D eigenvalue weighted by Gasteiger charge is 2.25. The van der Waals surface area contributed by atoms with Gasteiger partial charge in [0.05, 0.1) is 6.04 Å². The Morgan fingerprint density at radius 1 is 1.08 bits per heavy atom. The first-order chi connectivity index (χ1) is 17.4. The van der Waals surface area contributed by atoms with Crippen molar-refractivity contribution in [1.29, 1.82) is 0 Å². The molecule has 0 fully saturated rings. The van der Waals surface area contributed by atoms with Gasteiger partial charge in [-0.25, -0.2) is 24.3 Å². The smallest absolute Gasteiger partial charge is 0.340 e. The van der Waals surface area contributed by atoms with Gasteiger partial charge in [0.1, 0.15) is 23.5 Å². The maximum atomic E-state index is 13.4. The molecule has 182 valence electrons. The quantitative estimate of drug-likeness (QED) is 0.277. The van der Waals surface area contributed by atoms with Gasteiger partial charge in [0, 0.05) is 30.4 Å². The summed E-state index contributed by atoms with van der Waals surface area (Å²) in [7, 11) is 0. The van der Waals surface area contributed by atoms with Crippen LogP contribution >= 0.6 is 0 Å². The molecule has 2 amide bonds. The van der Waals surface area contributed by atoms with E-state index in [1.807, 2.05) is 12.1 Å². The van der Waals surface area contributed by atoms with Gasteiger partial charge < -0.3 is 16.0 Å². The molecule has 0 saturated heterocycles. The molecule has 1 aliphatic rings. The number of carbonyl (C=O) groups is 2. The number of aromatic nitrogens is 5. The molecule has 0 radical (unpaired) electrons. The lowest BCUT2D eigenvalue weighted by Gasteiger charge is -2.13. The van der Waals surface area contributed by atoms with E-state index in [0.717, 1.165) is 23.1 Å². The van der Waals surface area contributed by atoms with E-state index in [1.54, 1.807) is 25.1 Å². The molecule has 1 unspecified atom stereocenters. The standard InChI is InChI=1S/C24H21FN8O3/c1-12-6-13(2-5-16(12)25)9-27-22(34)18-8-19(29-11-28-18)23(35)30-20-10-26-17-7-14(3-4-15(17)20)21-31-24(36)33-32-21/h2-8,11,20,26H,9-10H2,1H3,(H,27,34)(H,30,35)(H2,31,32,33,36). The minimum Gasteiger partial charge on any atom is -0.382 e. The maximum absolute atomic E-state index is 13.4. The third-order valence-electron chi connectivity index (χ3n) is 5.81. The van der Waals surface area contributed by atoms with Crippen LogP contribution in [-0.2, 0) is 6.54 Å². The molecule has 5 N–H and O–H groups in total. The first kappa shape index (κ1) is 22.9. The molecule has 36 heavy (non-hydrogen) atoms. The Balaban J connectivity index is 1.24. The first-order valence-corrected chi connectivity index (χ1v) is 11.1. The molecule has 0 bridgehead atoms. The Bertz CT molecular complexity index is 1530. The van der Waals surface area contributed by atoms with E-state index in [0.29, 0.717) is 23.5 Å². The molecule has 0 spiro atoms. The number of nitrogens with one attached hydrogen (secondary N) is 5. The van der Waals surface area contributed by atoms with Crippen molar-refractivity contribution < 1.29 is 14.0 Å². The van der Waals surface area contributed by atoms with Crippen LogP contribution < -0.4 is 21.6 Å². The summed E-state index contributed by atoms with van der Waals surface area (Å²) in [5.41, 5.74) is 3.30. The minimum atomic E-state index is -0.481. The van der Waals surface area contributed by atoms with Gasteiger partial charge in [0.15, 0.2) is 5.82 Å². The van der Waals surface area contributed by atoms with E-state index in [2.05, 4.69) is 41.1 Å². The summed E-state index contributed by atoms with van der Waals surface area (Å²) >= 11 is 0. The van der Waals surface area contributed by atoms with Crippen LogP contribution in [0, 0.1) is 12.7 Å². The number of anilines is 1. The van der Waals surface area contributed by atoms with Crippen molar-refractivity contribution in [2.45, 2.75) is 19.5 Å². The van der Waals surface area contributed by atoms with Gasteiger partial charge in [0.25, 0.3) is 11.8 Å². The van der Waals surface area contributed by atoms with Crippen LogP contribution in [0.3, 0.4) is 0 Å². The summed E-state index contributed by atoms with van der Waals surface area (Å²) in [6.45, 7) is 2.29. The van der Waals surface area contributed by atoms with Crippen LogP contribution in [0.15, 0.2) is 53.6 Å². The van der Waals surface area contributed by atoms with Gasteiger partial charge in [-0.2, -0.15) is 5.10 Å². The van der Waals surface area contributed by atoms with Crippen LogP contribution in [0.5, 0.6) is 0 Å². The Hall–Kier alpha value is -4.87. The number of rotatable bonds is 6. The largest absolute Gasteiger partial charge is 0.382 e. The number of aryl methyl sites for hydroxylation is 1. The van der Waals surface area contributed by atoms with Crippen molar-refractivity contribution >= 4 is 17.5 Å². The summed E-state index contributed by atoms with van der Waals surface area (Å²) < 4.78 is 13.4. The Kier molecular flexibility index (Phi) is 5.98. The van der Waals surface area contributed by atoms with Crippen LogP contribution in [0.1, 0.15) is 43.7 Å². The molecule has 0 aliphatic carbocycles. The highest BCUT2D eigenvalue weighted by Crippen LogP contribution is 2.32. The van der Waals surface area contributed by atoms with Gasteiger partial charge in [-0.15, -0.1) is 0 Å². The second kappa shape index (κ2) is 9.41. The zero-order chi connectivity index (χ0) is 25.2. The fourth-order valence-electron chi connectivity index (χ4n) is 3.95. The number of nitrogens with zero attached hydrogens (tertiary/aromatic N) is 3. The third-order valence-corrected chi connectivity index (χ3v) is 5.81. The second-order valence-electron chi connectivity index (χ2n) is 8.29. The van der Waals surface area contributed by atoms with Crippen molar-refractivity contribution in [3.8, 4) is 11.4 Å². The number of carbonyl (C=O) groups excluding carboxylic acids is 2. The fraction of sp³-hybridized carbons (Fsp3) is 0.167. The number of hydrogen-bond acceptors (Lipinski definition) is 7. The van der Waals surface area contributed by atoms with Crippen LogP contribution in [-0.4, -0.2) is 43.5 Å². The van der Waals surface area contributed by atoms with Gasteiger partial charge >= 0.3 is 5.69 Å².